The number of nitriles is 1. The summed E-state index contributed by atoms with van der Waals surface area (Å²) in [5.41, 5.74) is 3.19. The normalized spacial score (nSPS) is 26.0. The maximum atomic E-state index is 10.4. The molecule has 0 spiro atoms. The van der Waals surface area contributed by atoms with Crippen molar-refractivity contribution in [2.75, 3.05) is 6.61 Å². The highest BCUT2D eigenvalue weighted by molar-refractivity contribution is 5.44. The van der Waals surface area contributed by atoms with E-state index < -0.39 is 42.7 Å². The first kappa shape index (κ1) is 24.3. The number of rotatable bonds is 7. The zero-order valence-corrected chi connectivity index (χ0v) is 18.3. The molecule has 5 atom stereocenters. The Balaban J connectivity index is 1.80. The monoisotopic (exact) mass is 441 g/mol. The molecule has 7 nitrogen and oxygen atoms in total. The molecule has 1 fully saturated rings. The summed E-state index contributed by atoms with van der Waals surface area (Å²) in [6.07, 6.45) is -4.27. The number of hydrogen-bond acceptors (Lipinski definition) is 7. The van der Waals surface area contributed by atoms with Gasteiger partial charge in [0.15, 0.2) is 0 Å². The van der Waals surface area contributed by atoms with Crippen molar-refractivity contribution < 1.29 is 30.3 Å². The first-order chi connectivity index (χ1) is 15.1. The molecule has 0 amide bonds. The van der Waals surface area contributed by atoms with E-state index in [1.807, 2.05) is 24.3 Å². The highest BCUT2D eigenvalue weighted by Crippen LogP contribution is 2.33. The van der Waals surface area contributed by atoms with Gasteiger partial charge < -0.3 is 30.3 Å². The lowest BCUT2D eigenvalue weighted by molar-refractivity contribution is -0.231. The van der Waals surface area contributed by atoms with Crippen molar-refractivity contribution in [3.63, 3.8) is 0 Å². The van der Waals surface area contributed by atoms with Crippen LogP contribution in [0.2, 0.25) is 0 Å². The fourth-order valence-electron chi connectivity index (χ4n) is 3.92. The first-order valence-corrected chi connectivity index (χ1v) is 10.8. The van der Waals surface area contributed by atoms with Gasteiger partial charge in [0.05, 0.1) is 23.8 Å². The van der Waals surface area contributed by atoms with Crippen LogP contribution in [-0.2, 0) is 17.6 Å². The van der Waals surface area contributed by atoms with Gasteiger partial charge in [-0.05, 0) is 61.4 Å². The summed E-state index contributed by atoms with van der Waals surface area (Å²) in [6, 6.07) is 15.2. The SMILES string of the molecule is CC(C)(O)CCc1ccc(Cc2cc([C@@H]3O[C@H](CO)[C@@H](O)C(O)[C@H]3O)ccc2C#N)cc1. The van der Waals surface area contributed by atoms with E-state index in [-0.39, 0.29) is 0 Å². The Morgan fingerprint density at radius 2 is 1.62 bits per heavy atom. The minimum absolute atomic E-state index is 0.486. The predicted molar refractivity (Wildman–Crippen MR) is 118 cm³/mol. The van der Waals surface area contributed by atoms with Gasteiger partial charge in [0.25, 0.3) is 0 Å². The fraction of sp³-hybridized carbons (Fsp3) is 0.480. The van der Waals surface area contributed by atoms with Crippen LogP contribution in [-0.4, -0.2) is 62.2 Å². The summed E-state index contributed by atoms with van der Waals surface area (Å²) in [7, 11) is 0. The molecule has 1 heterocycles. The van der Waals surface area contributed by atoms with Gasteiger partial charge in [-0.2, -0.15) is 5.26 Å². The Bertz CT molecular complexity index is 944. The number of hydrogen-bond donors (Lipinski definition) is 5. The van der Waals surface area contributed by atoms with Crippen molar-refractivity contribution in [2.24, 2.45) is 0 Å². The molecule has 0 bridgehead atoms. The van der Waals surface area contributed by atoms with Crippen LogP contribution in [0.5, 0.6) is 0 Å². The highest BCUT2D eigenvalue weighted by atomic mass is 16.5. The van der Waals surface area contributed by atoms with Crippen LogP contribution in [0.25, 0.3) is 0 Å². The number of aryl methyl sites for hydroxylation is 1. The number of aliphatic hydroxyl groups is 5. The van der Waals surface area contributed by atoms with Crippen molar-refractivity contribution in [2.45, 2.75) is 69.2 Å². The number of aliphatic hydroxyl groups excluding tert-OH is 4. The van der Waals surface area contributed by atoms with Gasteiger partial charge in [0.1, 0.15) is 30.5 Å². The quantitative estimate of drug-likeness (QED) is 0.438. The number of nitrogens with zero attached hydrogens (tertiary/aromatic N) is 1. The lowest BCUT2D eigenvalue weighted by atomic mass is 9.89. The molecule has 1 saturated heterocycles. The van der Waals surface area contributed by atoms with Crippen molar-refractivity contribution in [1.29, 1.82) is 5.26 Å². The standard InChI is InChI=1S/C25H31NO6/c1-25(2,31)10-9-15-3-5-16(6-4-15)11-19-12-17(7-8-18(19)13-26)24-23(30)22(29)21(28)20(14-27)32-24/h3-8,12,20-24,27-31H,9-11,14H2,1-2H3/t20-,21-,22?,23-,24+/m1/s1. The maximum absolute atomic E-state index is 10.4. The lowest BCUT2D eigenvalue weighted by Crippen LogP contribution is -2.55. The van der Waals surface area contributed by atoms with Crippen LogP contribution in [0, 0.1) is 11.3 Å². The summed E-state index contributed by atoms with van der Waals surface area (Å²) in [5.74, 6) is 0. The summed E-state index contributed by atoms with van der Waals surface area (Å²) >= 11 is 0. The molecule has 1 aliphatic rings. The van der Waals surface area contributed by atoms with Crippen LogP contribution in [0.15, 0.2) is 42.5 Å². The maximum Gasteiger partial charge on any atom is 0.113 e. The van der Waals surface area contributed by atoms with Crippen molar-refractivity contribution >= 4 is 0 Å². The third kappa shape index (κ3) is 5.73. The molecule has 2 aromatic rings. The predicted octanol–water partition coefficient (Wildman–Crippen LogP) is 1.37. The zero-order valence-electron chi connectivity index (χ0n) is 18.3. The van der Waals surface area contributed by atoms with Gasteiger partial charge >= 0.3 is 0 Å². The van der Waals surface area contributed by atoms with E-state index in [0.717, 1.165) is 23.1 Å². The van der Waals surface area contributed by atoms with E-state index in [1.165, 1.54) is 0 Å². The Labute approximate surface area is 188 Å². The summed E-state index contributed by atoms with van der Waals surface area (Å²) in [5, 5.41) is 59.4. The molecule has 0 saturated carbocycles. The topological polar surface area (TPSA) is 134 Å². The molecule has 1 unspecified atom stereocenters. The summed E-state index contributed by atoms with van der Waals surface area (Å²) in [4.78, 5) is 0. The van der Waals surface area contributed by atoms with E-state index in [9.17, 15) is 30.8 Å². The molecule has 5 N–H and O–H groups in total. The fourth-order valence-corrected chi connectivity index (χ4v) is 3.92. The van der Waals surface area contributed by atoms with Gasteiger partial charge in [0.2, 0.25) is 0 Å². The zero-order chi connectivity index (χ0) is 23.5. The van der Waals surface area contributed by atoms with E-state index in [0.29, 0.717) is 24.0 Å². The van der Waals surface area contributed by atoms with Gasteiger partial charge in [-0.3, -0.25) is 0 Å². The lowest BCUT2D eigenvalue weighted by Gasteiger charge is -2.40. The van der Waals surface area contributed by atoms with Gasteiger partial charge in [-0.25, -0.2) is 0 Å². The van der Waals surface area contributed by atoms with E-state index >= 15 is 0 Å². The second-order valence-electron chi connectivity index (χ2n) is 9.08. The van der Waals surface area contributed by atoms with Crippen LogP contribution >= 0.6 is 0 Å². The molecule has 3 rings (SSSR count). The van der Waals surface area contributed by atoms with Gasteiger partial charge in [-0.15, -0.1) is 0 Å². The minimum atomic E-state index is -1.46. The number of ether oxygens (including phenoxy) is 1. The van der Waals surface area contributed by atoms with Crippen LogP contribution < -0.4 is 0 Å². The van der Waals surface area contributed by atoms with Crippen LogP contribution in [0.4, 0.5) is 0 Å². The van der Waals surface area contributed by atoms with E-state index in [1.54, 1.807) is 32.0 Å². The minimum Gasteiger partial charge on any atom is -0.394 e. The molecule has 172 valence electrons. The first-order valence-electron chi connectivity index (χ1n) is 10.8. The van der Waals surface area contributed by atoms with E-state index in [2.05, 4.69) is 6.07 Å². The summed E-state index contributed by atoms with van der Waals surface area (Å²) < 4.78 is 5.65. The Morgan fingerprint density at radius 1 is 0.969 bits per heavy atom. The Hall–Kier alpha value is -2.31. The molecule has 0 radical (unpaired) electrons. The van der Waals surface area contributed by atoms with Crippen LogP contribution in [0.3, 0.4) is 0 Å². The molecule has 32 heavy (non-hydrogen) atoms. The van der Waals surface area contributed by atoms with E-state index in [4.69, 9.17) is 4.74 Å². The highest BCUT2D eigenvalue weighted by Gasteiger charge is 2.44. The van der Waals surface area contributed by atoms with Gasteiger partial charge in [0, 0.05) is 0 Å². The third-order valence-corrected chi connectivity index (χ3v) is 5.91. The van der Waals surface area contributed by atoms with Crippen LogP contribution in [0.1, 0.15) is 54.2 Å². The molecule has 1 aliphatic heterocycles. The smallest absolute Gasteiger partial charge is 0.113 e. The van der Waals surface area contributed by atoms with Crippen molar-refractivity contribution in [3.05, 3.63) is 70.3 Å². The Kier molecular flexibility index (Phi) is 7.67. The largest absolute Gasteiger partial charge is 0.394 e. The molecule has 0 aromatic heterocycles. The second kappa shape index (κ2) is 10.1. The molecule has 2 aromatic carbocycles. The Morgan fingerprint density at radius 3 is 2.22 bits per heavy atom. The average Bonchev–Trinajstić information content (AvgIpc) is 2.77. The average molecular weight is 442 g/mol. The molecule has 0 aliphatic carbocycles. The second-order valence-corrected chi connectivity index (χ2v) is 9.08. The molecular formula is C25H31NO6. The third-order valence-electron chi connectivity index (χ3n) is 5.91. The van der Waals surface area contributed by atoms with Crippen molar-refractivity contribution in [3.8, 4) is 6.07 Å². The molecular weight excluding hydrogens is 410 g/mol. The molecule has 7 heteroatoms. The van der Waals surface area contributed by atoms with Crippen molar-refractivity contribution in [1.82, 2.24) is 0 Å². The number of benzene rings is 2. The summed E-state index contributed by atoms with van der Waals surface area (Å²) in [6.45, 7) is 3.07. The van der Waals surface area contributed by atoms with Gasteiger partial charge in [-0.1, -0.05) is 36.4 Å².